The highest BCUT2D eigenvalue weighted by Crippen LogP contribution is 2.30. The first kappa shape index (κ1) is 13.1. The van der Waals surface area contributed by atoms with E-state index in [0.29, 0.717) is 5.75 Å². The number of pyridine rings is 1. The van der Waals surface area contributed by atoms with Crippen molar-refractivity contribution < 1.29 is 4.74 Å². The zero-order chi connectivity index (χ0) is 12.3. The maximum Gasteiger partial charge on any atom is 0.146 e. The van der Waals surface area contributed by atoms with Crippen LogP contribution in [-0.2, 0) is 5.33 Å². The first-order valence-corrected chi connectivity index (χ1v) is 7.52. The van der Waals surface area contributed by atoms with Gasteiger partial charge in [0.2, 0.25) is 0 Å². The fourth-order valence-corrected chi connectivity index (χ4v) is 2.52. The molecule has 0 atom stereocenters. The van der Waals surface area contributed by atoms with Gasteiger partial charge in [-0.05, 0) is 40.2 Å². The number of rotatable bonds is 3. The molecule has 0 unspecified atom stereocenters. The van der Waals surface area contributed by atoms with Gasteiger partial charge in [-0.2, -0.15) is 0 Å². The number of hydrogen-bond donors (Lipinski definition) is 0. The molecule has 0 aliphatic carbocycles. The lowest BCUT2D eigenvalue weighted by molar-refractivity contribution is 0.476. The van der Waals surface area contributed by atoms with Crippen LogP contribution >= 0.6 is 47.8 Å². The van der Waals surface area contributed by atoms with Gasteiger partial charge in [0.1, 0.15) is 11.5 Å². The van der Waals surface area contributed by atoms with E-state index in [1.165, 1.54) is 0 Å². The Morgan fingerprint density at radius 3 is 2.59 bits per heavy atom. The number of halogens is 3. The molecular weight excluding hydrogens is 414 g/mol. The summed E-state index contributed by atoms with van der Waals surface area (Å²) in [7, 11) is 0. The van der Waals surface area contributed by atoms with E-state index in [1.807, 2.05) is 24.3 Å². The zero-order valence-electron chi connectivity index (χ0n) is 8.66. The van der Waals surface area contributed by atoms with E-state index < -0.39 is 0 Å². The highest BCUT2D eigenvalue weighted by atomic mass is 79.9. The number of benzene rings is 1. The number of alkyl halides is 1. The van der Waals surface area contributed by atoms with Crippen molar-refractivity contribution in [3.8, 4) is 11.5 Å². The van der Waals surface area contributed by atoms with Gasteiger partial charge in [-0.15, -0.1) is 0 Å². The quantitative estimate of drug-likeness (QED) is 0.628. The Balaban J connectivity index is 2.29. The molecule has 0 fully saturated rings. The second-order valence-corrected chi connectivity index (χ2v) is 5.72. The van der Waals surface area contributed by atoms with E-state index in [0.717, 1.165) is 25.6 Å². The van der Waals surface area contributed by atoms with Crippen LogP contribution < -0.4 is 4.74 Å². The molecule has 1 aromatic heterocycles. The van der Waals surface area contributed by atoms with Crippen LogP contribution in [0.4, 0.5) is 0 Å². The van der Waals surface area contributed by atoms with Gasteiger partial charge in [0.25, 0.3) is 0 Å². The molecule has 0 saturated heterocycles. The Labute approximate surface area is 125 Å². The van der Waals surface area contributed by atoms with Crippen LogP contribution in [0.25, 0.3) is 0 Å². The number of aromatic nitrogens is 1. The Bertz CT molecular complexity index is 531. The number of nitrogens with zero attached hydrogens (tertiary/aromatic N) is 1. The predicted octanol–water partition coefficient (Wildman–Crippen LogP) is 5.29. The van der Waals surface area contributed by atoms with Crippen LogP contribution in [0.3, 0.4) is 0 Å². The van der Waals surface area contributed by atoms with Gasteiger partial charge in [-0.3, -0.25) is 4.98 Å². The van der Waals surface area contributed by atoms with Crippen LogP contribution in [0.2, 0.25) is 0 Å². The molecule has 0 saturated carbocycles. The van der Waals surface area contributed by atoms with Gasteiger partial charge in [0.05, 0.1) is 6.20 Å². The molecule has 0 aliphatic heterocycles. The Kier molecular flexibility index (Phi) is 4.59. The van der Waals surface area contributed by atoms with Crippen molar-refractivity contribution in [2.24, 2.45) is 0 Å². The SMILES string of the molecule is BrCc1cc(Br)ccc1Oc1cncc(Br)c1. The minimum atomic E-state index is 0.712. The summed E-state index contributed by atoms with van der Waals surface area (Å²) < 4.78 is 7.72. The molecule has 1 aromatic carbocycles. The summed E-state index contributed by atoms with van der Waals surface area (Å²) in [6, 6.07) is 7.79. The summed E-state index contributed by atoms with van der Waals surface area (Å²) in [5.41, 5.74) is 1.08. The van der Waals surface area contributed by atoms with E-state index >= 15 is 0 Å². The minimum Gasteiger partial charge on any atom is -0.455 e. The van der Waals surface area contributed by atoms with Gasteiger partial charge in [-0.1, -0.05) is 31.9 Å². The fourth-order valence-electron chi connectivity index (χ4n) is 1.33. The normalized spacial score (nSPS) is 10.3. The summed E-state index contributed by atoms with van der Waals surface area (Å²) in [6.07, 6.45) is 3.41. The third-order valence-electron chi connectivity index (χ3n) is 2.07. The van der Waals surface area contributed by atoms with Crippen molar-refractivity contribution in [1.82, 2.24) is 4.98 Å². The van der Waals surface area contributed by atoms with Crippen LogP contribution in [0.5, 0.6) is 11.5 Å². The molecule has 2 nitrogen and oxygen atoms in total. The summed E-state index contributed by atoms with van der Waals surface area (Å²) >= 11 is 10.2. The molecule has 0 aliphatic rings. The molecule has 1 heterocycles. The lowest BCUT2D eigenvalue weighted by Crippen LogP contribution is -1.90. The molecule has 2 rings (SSSR count). The average molecular weight is 422 g/mol. The van der Waals surface area contributed by atoms with Gasteiger partial charge < -0.3 is 4.74 Å². The van der Waals surface area contributed by atoms with Crippen molar-refractivity contribution >= 4 is 47.8 Å². The van der Waals surface area contributed by atoms with Gasteiger partial charge >= 0.3 is 0 Å². The van der Waals surface area contributed by atoms with Crippen LogP contribution in [0.1, 0.15) is 5.56 Å². The Hall–Kier alpha value is -0.390. The smallest absolute Gasteiger partial charge is 0.146 e. The van der Waals surface area contributed by atoms with E-state index in [4.69, 9.17) is 4.74 Å². The molecule has 17 heavy (non-hydrogen) atoms. The number of ether oxygens (including phenoxy) is 1. The van der Waals surface area contributed by atoms with Crippen molar-refractivity contribution in [1.29, 1.82) is 0 Å². The second-order valence-electron chi connectivity index (χ2n) is 3.33. The van der Waals surface area contributed by atoms with Crippen LogP contribution in [0, 0.1) is 0 Å². The summed E-state index contributed by atoms with van der Waals surface area (Å²) in [5.74, 6) is 1.54. The largest absolute Gasteiger partial charge is 0.455 e. The third kappa shape index (κ3) is 3.53. The highest BCUT2D eigenvalue weighted by Gasteiger charge is 2.05. The lowest BCUT2D eigenvalue weighted by atomic mass is 10.2. The summed E-state index contributed by atoms with van der Waals surface area (Å²) in [6.45, 7) is 0. The standard InChI is InChI=1S/C12H8Br3NO/c13-5-8-3-9(14)1-2-12(8)17-11-4-10(15)6-16-7-11/h1-4,6-7H,5H2. The topological polar surface area (TPSA) is 22.1 Å². The summed E-state index contributed by atoms with van der Waals surface area (Å²) in [5, 5.41) is 0.739. The first-order valence-electron chi connectivity index (χ1n) is 4.82. The van der Waals surface area contributed by atoms with E-state index in [-0.39, 0.29) is 0 Å². The Morgan fingerprint density at radius 1 is 1.06 bits per heavy atom. The molecule has 88 valence electrons. The second kappa shape index (κ2) is 5.98. The third-order valence-corrected chi connectivity index (χ3v) is 3.61. The minimum absolute atomic E-state index is 0.712. The maximum atomic E-state index is 5.79. The van der Waals surface area contributed by atoms with Crippen molar-refractivity contribution in [3.63, 3.8) is 0 Å². The molecule has 0 spiro atoms. The molecule has 0 N–H and O–H groups in total. The summed E-state index contributed by atoms with van der Waals surface area (Å²) in [4.78, 5) is 4.06. The van der Waals surface area contributed by atoms with Crippen LogP contribution in [-0.4, -0.2) is 4.98 Å². The van der Waals surface area contributed by atoms with E-state index in [9.17, 15) is 0 Å². The molecule has 0 radical (unpaired) electrons. The van der Waals surface area contributed by atoms with E-state index in [1.54, 1.807) is 12.4 Å². The molecule has 0 amide bonds. The molecule has 2 aromatic rings. The Morgan fingerprint density at radius 2 is 1.88 bits per heavy atom. The highest BCUT2D eigenvalue weighted by molar-refractivity contribution is 9.10. The van der Waals surface area contributed by atoms with Crippen molar-refractivity contribution in [2.75, 3.05) is 0 Å². The van der Waals surface area contributed by atoms with Crippen molar-refractivity contribution in [3.05, 3.63) is 51.2 Å². The van der Waals surface area contributed by atoms with Gasteiger partial charge in [0.15, 0.2) is 0 Å². The van der Waals surface area contributed by atoms with Gasteiger partial charge in [-0.25, -0.2) is 0 Å². The lowest BCUT2D eigenvalue weighted by Gasteiger charge is -2.09. The van der Waals surface area contributed by atoms with E-state index in [2.05, 4.69) is 52.8 Å². The van der Waals surface area contributed by atoms with Crippen molar-refractivity contribution in [2.45, 2.75) is 5.33 Å². The molecule has 0 bridgehead atoms. The molecule has 5 heteroatoms. The average Bonchev–Trinajstić information content (AvgIpc) is 2.31. The monoisotopic (exact) mass is 419 g/mol. The number of hydrogen-bond acceptors (Lipinski definition) is 2. The zero-order valence-corrected chi connectivity index (χ0v) is 13.4. The molecular formula is C12H8Br3NO. The van der Waals surface area contributed by atoms with Crippen LogP contribution in [0.15, 0.2) is 45.6 Å². The maximum absolute atomic E-state index is 5.79. The predicted molar refractivity (Wildman–Crippen MR) is 78.8 cm³/mol. The van der Waals surface area contributed by atoms with Gasteiger partial charge in [0, 0.05) is 26.0 Å². The fraction of sp³-hybridized carbons (Fsp3) is 0.0833. The first-order chi connectivity index (χ1) is 8.19.